The van der Waals surface area contributed by atoms with Crippen molar-refractivity contribution in [1.29, 1.82) is 0 Å². The molecule has 2 N–H and O–H groups in total. The molecule has 0 spiro atoms. The van der Waals surface area contributed by atoms with E-state index >= 15 is 0 Å². The van der Waals surface area contributed by atoms with Crippen LogP contribution in [0, 0.1) is 12.8 Å². The second-order valence-electron chi connectivity index (χ2n) is 8.82. The first kappa shape index (κ1) is 21.9. The van der Waals surface area contributed by atoms with Gasteiger partial charge in [0.2, 0.25) is 5.95 Å². The van der Waals surface area contributed by atoms with E-state index in [1.165, 1.54) is 38.5 Å². The lowest BCUT2D eigenvalue weighted by atomic mass is 10.0. The van der Waals surface area contributed by atoms with E-state index in [0.717, 1.165) is 49.3 Å². The van der Waals surface area contributed by atoms with Crippen molar-refractivity contribution < 1.29 is 4.42 Å². The molecule has 0 aromatic carbocycles. The number of nitrogens with one attached hydrogen (secondary N) is 2. The molecule has 8 heteroatoms. The monoisotopic (exact) mass is 442 g/mol. The van der Waals surface area contributed by atoms with Crippen LogP contribution in [0.1, 0.15) is 57.0 Å². The summed E-state index contributed by atoms with van der Waals surface area (Å²) in [6, 6.07) is 6.07. The third-order valence-corrected chi connectivity index (χ3v) is 6.30. The summed E-state index contributed by atoms with van der Waals surface area (Å²) in [7, 11) is 0. The van der Waals surface area contributed by atoms with Gasteiger partial charge in [-0.05, 0) is 62.9 Å². The van der Waals surface area contributed by atoms with Crippen LogP contribution in [0.2, 0.25) is 0 Å². The number of thiocarbonyl (C=S) groups is 1. The van der Waals surface area contributed by atoms with E-state index < -0.39 is 0 Å². The Morgan fingerprint density at radius 3 is 2.45 bits per heavy atom. The molecule has 2 aromatic heterocycles. The number of anilines is 3. The van der Waals surface area contributed by atoms with Crippen LogP contribution in [0.15, 0.2) is 22.6 Å². The summed E-state index contributed by atoms with van der Waals surface area (Å²) in [5.74, 6) is 4.97. The first-order valence-corrected chi connectivity index (χ1v) is 12.0. The topological polar surface area (TPSA) is 69.5 Å². The Bertz CT molecular complexity index is 856. The molecule has 2 aliphatic rings. The molecule has 2 fully saturated rings. The standard InChI is InChI=1S/C23H34N6OS/c1-17-8-7-13-29(16-17)21-14-20(28-11-5-3-4-6-12-28)25-22(26-21)27-23(31)24-15-19-10-9-18(2)30-19/h9-10,14,17H,3-8,11-13,15-16H2,1-2H3,(H2,24,25,26,27,31). The maximum atomic E-state index is 5.61. The van der Waals surface area contributed by atoms with E-state index in [1.807, 2.05) is 19.1 Å². The van der Waals surface area contributed by atoms with E-state index in [-0.39, 0.29) is 0 Å². The van der Waals surface area contributed by atoms with Gasteiger partial charge < -0.3 is 24.9 Å². The maximum Gasteiger partial charge on any atom is 0.232 e. The van der Waals surface area contributed by atoms with Gasteiger partial charge in [0.25, 0.3) is 0 Å². The minimum absolute atomic E-state index is 0.500. The number of hydrogen-bond acceptors (Lipinski definition) is 6. The number of aryl methyl sites for hydroxylation is 1. The Morgan fingerprint density at radius 2 is 1.77 bits per heavy atom. The van der Waals surface area contributed by atoms with Gasteiger partial charge in [0.1, 0.15) is 23.2 Å². The van der Waals surface area contributed by atoms with Gasteiger partial charge in [-0.3, -0.25) is 0 Å². The summed E-state index contributed by atoms with van der Waals surface area (Å²) in [6.07, 6.45) is 7.51. The molecule has 7 nitrogen and oxygen atoms in total. The molecule has 0 amide bonds. The average Bonchev–Trinajstić information content (AvgIpc) is 2.99. The smallest absolute Gasteiger partial charge is 0.232 e. The van der Waals surface area contributed by atoms with Gasteiger partial charge in [-0.2, -0.15) is 9.97 Å². The first-order chi connectivity index (χ1) is 15.1. The molecule has 1 unspecified atom stereocenters. The number of nitrogens with zero attached hydrogens (tertiary/aromatic N) is 4. The van der Waals surface area contributed by atoms with Crippen molar-refractivity contribution in [1.82, 2.24) is 15.3 Å². The molecule has 0 radical (unpaired) electrons. The van der Waals surface area contributed by atoms with Gasteiger partial charge in [0.15, 0.2) is 5.11 Å². The SMILES string of the molecule is Cc1ccc(CNC(=S)Nc2nc(N3CCCCCC3)cc(N3CCCC(C)C3)n2)o1. The van der Waals surface area contributed by atoms with Crippen LogP contribution in [0.3, 0.4) is 0 Å². The zero-order valence-corrected chi connectivity index (χ0v) is 19.5. The van der Waals surface area contributed by atoms with E-state index in [2.05, 4.69) is 33.4 Å². The third kappa shape index (κ3) is 6.09. The van der Waals surface area contributed by atoms with Gasteiger partial charge in [-0.25, -0.2) is 0 Å². The molecule has 1 atom stereocenters. The molecule has 4 heterocycles. The highest BCUT2D eigenvalue weighted by atomic mass is 32.1. The lowest BCUT2D eigenvalue weighted by Crippen LogP contribution is -2.36. The van der Waals surface area contributed by atoms with Gasteiger partial charge in [0.05, 0.1) is 6.54 Å². The summed E-state index contributed by atoms with van der Waals surface area (Å²) in [5, 5.41) is 6.90. The van der Waals surface area contributed by atoms with Crippen LogP contribution < -0.4 is 20.4 Å². The van der Waals surface area contributed by atoms with Crippen LogP contribution in [-0.2, 0) is 6.54 Å². The fourth-order valence-electron chi connectivity index (χ4n) is 4.39. The molecule has 31 heavy (non-hydrogen) atoms. The van der Waals surface area contributed by atoms with Crippen molar-refractivity contribution in [3.63, 3.8) is 0 Å². The van der Waals surface area contributed by atoms with Crippen LogP contribution >= 0.6 is 12.2 Å². The van der Waals surface area contributed by atoms with E-state index in [4.69, 9.17) is 26.6 Å². The van der Waals surface area contributed by atoms with Crippen LogP contribution in [0.25, 0.3) is 0 Å². The predicted octanol–water partition coefficient (Wildman–Crippen LogP) is 4.48. The molecular weight excluding hydrogens is 408 g/mol. The summed E-state index contributed by atoms with van der Waals surface area (Å²) in [6.45, 7) is 8.96. The number of rotatable bonds is 5. The van der Waals surface area contributed by atoms with Crippen molar-refractivity contribution in [2.75, 3.05) is 41.3 Å². The van der Waals surface area contributed by atoms with E-state index in [0.29, 0.717) is 23.5 Å². The molecule has 2 aromatic rings. The molecule has 0 saturated carbocycles. The average molecular weight is 443 g/mol. The largest absolute Gasteiger partial charge is 0.465 e. The van der Waals surface area contributed by atoms with Crippen LogP contribution in [0.5, 0.6) is 0 Å². The summed E-state index contributed by atoms with van der Waals surface area (Å²) >= 11 is 5.51. The normalized spacial score (nSPS) is 19.7. The van der Waals surface area contributed by atoms with E-state index in [1.54, 1.807) is 0 Å². The Morgan fingerprint density at radius 1 is 1.06 bits per heavy atom. The molecule has 2 saturated heterocycles. The molecule has 0 aliphatic carbocycles. The highest BCUT2D eigenvalue weighted by Crippen LogP contribution is 2.27. The summed E-state index contributed by atoms with van der Waals surface area (Å²) in [5.41, 5.74) is 0. The molecule has 2 aliphatic heterocycles. The fraction of sp³-hybridized carbons (Fsp3) is 0.609. The number of aromatic nitrogens is 2. The lowest BCUT2D eigenvalue weighted by molar-refractivity contribution is 0.444. The van der Waals surface area contributed by atoms with Crippen molar-refractivity contribution in [3.8, 4) is 0 Å². The lowest BCUT2D eigenvalue weighted by Gasteiger charge is -2.33. The second kappa shape index (κ2) is 10.3. The molecule has 4 rings (SSSR count). The number of furan rings is 1. The predicted molar refractivity (Wildman–Crippen MR) is 130 cm³/mol. The minimum atomic E-state index is 0.500. The first-order valence-electron chi connectivity index (χ1n) is 11.6. The molecule has 168 valence electrons. The van der Waals surface area contributed by atoms with Gasteiger partial charge in [-0.1, -0.05) is 19.8 Å². The number of piperidine rings is 1. The van der Waals surface area contributed by atoms with Crippen molar-refractivity contribution in [3.05, 3.63) is 29.7 Å². The van der Waals surface area contributed by atoms with Crippen molar-refractivity contribution in [2.24, 2.45) is 5.92 Å². The Balaban J connectivity index is 1.50. The summed E-state index contributed by atoms with van der Waals surface area (Å²) in [4.78, 5) is 14.5. The Labute approximate surface area is 190 Å². The minimum Gasteiger partial charge on any atom is -0.465 e. The second-order valence-corrected chi connectivity index (χ2v) is 9.23. The number of hydrogen-bond donors (Lipinski definition) is 2. The maximum absolute atomic E-state index is 5.61. The molecule has 0 bridgehead atoms. The van der Waals surface area contributed by atoms with Crippen molar-refractivity contribution >= 4 is 34.9 Å². The molecular formula is C23H34N6OS. The van der Waals surface area contributed by atoms with Crippen LogP contribution in [0.4, 0.5) is 17.6 Å². The summed E-state index contributed by atoms with van der Waals surface area (Å²) < 4.78 is 5.61. The Hall–Kier alpha value is -2.35. The quantitative estimate of drug-likeness (QED) is 0.657. The van der Waals surface area contributed by atoms with Crippen molar-refractivity contribution in [2.45, 2.75) is 58.9 Å². The third-order valence-electron chi connectivity index (χ3n) is 6.05. The van der Waals surface area contributed by atoms with Gasteiger partial charge in [-0.15, -0.1) is 0 Å². The van der Waals surface area contributed by atoms with Gasteiger partial charge in [0, 0.05) is 32.2 Å². The zero-order valence-electron chi connectivity index (χ0n) is 18.7. The van der Waals surface area contributed by atoms with Crippen LogP contribution in [-0.4, -0.2) is 41.3 Å². The highest BCUT2D eigenvalue weighted by molar-refractivity contribution is 7.80. The highest BCUT2D eigenvalue weighted by Gasteiger charge is 2.21. The van der Waals surface area contributed by atoms with E-state index in [9.17, 15) is 0 Å². The van der Waals surface area contributed by atoms with Gasteiger partial charge >= 0.3 is 0 Å². The zero-order chi connectivity index (χ0) is 21.6. The fourth-order valence-corrected chi connectivity index (χ4v) is 4.56. The Kier molecular flexibility index (Phi) is 7.27.